The summed E-state index contributed by atoms with van der Waals surface area (Å²) >= 11 is 0. The van der Waals surface area contributed by atoms with Crippen LogP contribution in [-0.2, 0) is 4.79 Å². The molecule has 1 N–H and O–H groups in total. The van der Waals surface area contributed by atoms with Gasteiger partial charge >= 0.3 is 0 Å². The van der Waals surface area contributed by atoms with Crippen LogP contribution >= 0.6 is 0 Å². The molecule has 3 atom stereocenters. The van der Waals surface area contributed by atoms with Crippen molar-refractivity contribution >= 4 is 5.91 Å². The maximum absolute atomic E-state index is 12.1. The van der Waals surface area contributed by atoms with Gasteiger partial charge in [0.1, 0.15) is 0 Å². The first kappa shape index (κ1) is 11.5. The summed E-state index contributed by atoms with van der Waals surface area (Å²) in [4.78, 5) is 16.6. The number of likely N-dealkylation sites (tertiary alicyclic amines) is 2. The molecule has 3 aliphatic rings. The topological polar surface area (TPSA) is 35.6 Å². The Balaban J connectivity index is 1.57. The van der Waals surface area contributed by atoms with Gasteiger partial charge in [0.25, 0.3) is 0 Å². The smallest absolute Gasteiger partial charge is 0.236 e. The Labute approximate surface area is 103 Å². The Morgan fingerprint density at radius 1 is 1.29 bits per heavy atom. The van der Waals surface area contributed by atoms with Gasteiger partial charge in [-0.3, -0.25) is 9.69 Å². The maximum Gasteiger partial charge on any atom is 0.236 e. The Morgan fingerprint density at radius 3 is 2.76 bits per heavy atom. The summed E-state index contributed by atoms with van der Waals surface area (Å²) in [6.45, 7) is 8.29. The van der Waals surface area contributed by atoms with Gasteiger partial charge in [-0.15, -0.1) is 0 Å². The minimum atomic E-state index is 0.349. The van der Waals surface area contributed by atoms with Crippen LogP contribution < -0.4 is 5.32 Å². The van der Waals surface area contributed by atoms with E-state index in [1.54, 1.807) is 0 Å². The molecular formula is C13H23N3O. The van der Waals surface area contributed by atoms with Gasteiger partial charge in [-0.05, 0) is 44.7 Å². The van der Waals surface area contributed by atoms with Crippen molar-refractivity contribution in [2.45, 2.75) is 25.8 Å². The van der Waals surface area contributed by atoms with Crippen LogP contribution in [0.2, 0.25) is 0 Å². The predicted molar refractivity (Wildman–Crippen MR) is 66.7 cm³/mol. The highest BCUT2D eigenvalue weighted by atomic mass is 16.2. The van der Waals surface area contributed by atoms with Crippen LogP contribution in [0.15, 0.2) is 0 Å². The highest BCUT2D eigenvalue weighted by Gasteiger charge is 2.42. The molecule has 0 aromatic rings. The summed E-state index contributed by atoms with van der Waals surface area (Å²) < 4.78 is 0. The average Bonchev–Trinajstić information content (AvgIpc) is 3.00. The molecule has 3 unspecified atom stereocenters. The van der Waals surface area contributed by atoms with Crippen molar-refractivity contribution in [3.8, 4) is 0 Å². The summed E-state index contributed by atoms with van der Waals surface area (Å²) in [7, 11) is 0. The first-order valence-corrected chi connectivity index (χ1v) is 6.98. The van der Waals surface area contributed by atoms with Crippen LogP contribution in [0.1, 0.15) is 19.8 Å². The van der Waals surface area contributed by atoms with Gasteiger partial charge in [0.15, 0.2) is 0 Å². The zero-order valence-electron chi connectivity index (χ0n) is 10.7. The van der Waals surface area contributed by atoms with Gasteiger partial charge in [0.05, 0.1) is 6.54 Å². The molecule has 3 aliphatic heterocycles. The van der Waals surface area contributed by atoms with Gasteiger partial charge in [-0.1, -0.05) is 0 Å². The molecule has 0 aromatic heterocycles. The van der Waals surface area contributed by atoms with Crippen LogP contribution in [0.3, 0.4) is 0 Å². The van der Waals surface area contributed by atoms with Crippen LogP contribution in [0, 0.1) is 11.8 Å². The van der Waals surface area contributed by atoms with Gasteiger partial charge in [-0.25, -0.2) is 0 Å². The molecule has 4 heteroatoms. The van der Waals surface area contributed by atoms with E-state index in [1.165, 1.54) is 12.8 Å². The lowest BCUT2D eigenvalue weighted by Crippen LogP contribution is -2.42. The molecule has 0 saturated carbocycles. The molecule has 0 radical (unpaired) electrons. The summed E-state index contributed by atoms with van der Waals surface area (Å²) in [5, 5.41) is 3.46. The number of nitrogens with one attached hydrogen (secondary N) is 1. The molecule has 0 aliphatic carbocycles. The zero-order valence-corrected chi connectivity index (χ0v) is 10.7. The van der Waals surface area contributed by atoms with Crippen molar-refractivity contribution in [2.24, 2.45) is 11.8 Å². The fraction of sp³-hybridized carbons (Fsp3) is 0.923. The zero-order chi connectivity index (χ0) is 11.8. The SMILES string of the molecule is CC1C2CNCC2CN1CC(=O)N1CCCC1. The summed E-state index contributed by atoms with van der Waals surface area (Å²) in [6, 6.07) is 0.571. The lowest BCUT2D eigenvalue weighted by Gasteiger charge is -2.26. The van der Waals surface area contributed by atoms with E-state index in [2.05, 4.69) is 17.1 Å². The first-order chi connectivity index (χ1) is 8.25. The molecule has 4 nitrogen and oxygen atoms in total. The van der Waals surface area contributed by atoms with E-state index in [0.717, 1.165) is 44.6 Å². The molecular weight excluding hydrogens is 214 g/mol. The third-order valence-electron chi connectivity index (χ3n) is 4.85. The second-order valence-electron chi connectivity index (χ2n) is 5.84. The Morgan fingerprint density at radius 2 is 2.06 bits per heavy atom. The number of carbonyl (C=O) groups is 1. The number of fused-ring (bicyclic) bond motifs is 1. The fourth-order valence-electron chi connectivity index (χ4n) is 3.70. The van der Waals surface area contributed by atoms with Gasteiger partial charge in [0, 0.05) is 25.7 Å². The molecule has 1 amide bonds. The van der Waals surface area contributed by atoms with E-state index in [0.29, 0.717) is 18.5 Å². The molecule has 3 fully saturated rings. The second kappa shape index (κ2) is 4.58. The quantitative estimate of drug-likeness (QED) is 0.742. The van der Waals surface area contributed by atoms with Crippen molar-refractivity contribution in [3.05, 3.63) is 0 Å². The summed E-state index contributed by atoms with van der Waals surface area (Å²) in [6.07, 6.45) is 2.38. The van der Waals surface area contributed by atoms with Crippen molar-refractivity contribution < 1.29 is 4.79 Å². The number of amides is 1. The highest BCUT2D eigenvalue weighted by molar-refractivity contribution is 5.78. The van der Waals surface area contributed by atoms with E-state index in [-0.39, 0.29) is 0 Å². The molecule has 0 bridgehead atoms. The van der Waals surface area contributed by atoms with Crippen molar-refractivity contribution in [3.63, 3.8) is 0 Å². The highest BCUT2D eigenvalue weighted by Crippen LogP contribution is 2.32. The van der Waals surface area contributed by atoms with E-state index in [1.807, 2.05) is 4.90 Å². The Hall–Kier alpha value is -0.610. The molecule has 0 aromatic carbocycles. The second-order valence-corrected chi connectivity index (χ2v) is 5.84. The number of carbonyl (C=O) groups excluding carboxylic acids is 1. The van der Waals surface area contributed by atoms with E-state index >= 15 is 0 Å². The van der Waals surface area contributed by atoms with Crippen LogP contribution in [0.25, 0.3) is 0 Å². The molecule has 17 heavy (non-hydrogen) atoms. The largest absolute Gasteiger partial charge is 0.342 e. The van der Waals surface area contributed by atoms with Crippen LogP contribution in [0.4, 0.5) is 0 Å². The van der Waals surface area contributed by atoms with Gasteiger partial charge in [-0.2, -0.15) is 0 Å². The van der Waals surface area contributed by atoms with Crippen LogP contribution in [0.5, 0.6) is 0 Å². The number of hydrogen-bond acceptors (Lipinski definition) is 3. The maximum atomic E-state index is 12.1. The first-order valence-electron chi connectivity index (χ1n) is 6.98. The standard InChI is InChI=1S/C13H23N3O/c1-10-12-7-14-6-11(12)8-16(10)9-13(17)15-4-2-3-5-15/h10-12,14H,2-9H2,1H3. The molecule has 96 valence electrons. The third kappa shape index (κ3) is 2.08. The van der Waals surface area contributed by atoms with Gasteiger partial charge in [0.2, 0.25) is 5.91 Å². The molecule has 0 spiro atoms. The number of nitrogens with zero attached hydrogens (tertiary/aromatic N) is 2. The van der Waals surface area contributed by atoms with E-state index < -0.39 is 0 Å². The fourth-order valence-corrected chi connectivity index (χ4v) is 3.70. The van der Waals surface area contributed by atoms with Gasteiger partial charge < -0.3 is 10.2 Å². The predicted octanol–water partition coefficient (Wildman–Crippen LogP) is 0.149. The minimum absolute atomic E-state index is 0.349. The lowest BCUT2D eigenvalue weighted by atomic mass is 9.95. The molecule has 3 rings (SSSR count). The van der Waals surface area contributed by atoms with Crippen LogP contribution in [-0.4, -0.2) is 61.0 Å². The monoisotopic (exact) mass is 237 g/mol. The van der Waals surface area contributed by atoms with Crippen molar-refractivity contribution in [1.29, 1.82) is 0 Å². The van der Waals surface area contributed by atoms with E-state index in [9.17, 15) is 4.79 Å². The molecule has 3 heterocycles. The number of rotatable bonds is 2. The van der Waals surface area contributed by atoms with Crippen molar-refractivity contribution in [2.75, 3.05) is 39.3 Å². The summed E-state index contributed by atoms with van der Waals surface area (Å²) in [5.41, 5.74) is 0. The van der Waals surface area contributed by atoms with E-state index in [4.69, 9.17) is 0 Å². The Kier molecular flexibility index (Phi) is 3.09. The Bertz CT molecular complexity index is 301. The minimum Gasteiger partial charge on any atom is -0.342 e. The molecule has 3 saturated heterocycles. The third-order valence-corrected chi connectivity index (χ3v) is 4.85. The average molecular weight is 237 g/mol. The number of hydrogen-bond donors (Lipinski definition) is 1. The summed E-state index contributed by atoms with van der Waals surface area (Å²) in [5.74, 6) is 1.89. The lowest BCUT2D eigenvalue weighted by molar-refractivity contribution is -0.131. The normalized spacial score (nSPS) is 37.7. The van der Waals surface area contributed by atoms with Crippen molar-refractivity contribution in [1.82, 2.24) is 15.1 Å².